The van der Waals surface area contributed by atoms with Crippen LogP contribution in [0.4, 0.5) is 23.9 Å². The first kappa shape index (κ1) is 21.0. The summed E-state index contributed by atoms with van der Waals surface area (Å²) in [6.45, 7) is 1.16. The van der Waals surface area contributed by atoms with Gasteiger partial charge in [0.25, 0.3) is 0 Å². The molecule has 0 unspecified atom stereocenters. The maximum absolute atomic E-state index is 12.7. The Morgan fingerprint density at radius 1 is 1.21 bits per heavy atom. The number of hydrogen-bond donors (Lipinski definition) is 2. The monoisotopic (exact) mass is 413 g/mol. The summed E-state index contributed by atoms with van der Waals surface area (Å²) in [6, 6.07) is 4.02. The second-order valence-corrected chi connectivity index (χ2v) is 6.41. The normalized spacial score (nSPS) is 11.0. The SMILES string of the molecule is CCOC(=O)c1sc(N)c(C#N)c1COC(=O)c1ccc(C(F)(F)F)cc1N. The molecular weight excluding hydrogens is 399 g/mol. The molecule has 0 atom stereocenters. The number of anilines is 2. The number of rotatable bonds is 5. The smallest absolute Gasteiger partial charge is 0.416 e. The Labute approximate surface area is 161 Å². The van der Waals surface area contributed by atoms with E-state index in [-0.39, 0.29) is 33.2 Å². The lowest BCUT2D eigenvalue weighted by Crippen LogP contribution is -2.13. The highest BCUT2D eigenvalue weighted by atomic mass is 32.1. The van der Waals surface area contributed by atoms with Gasteiger partial charge in [-0.05, 0) is 25.1 Å². The van der Waals surface area contributed by atoms with Crippen molar-refractivity contribution in [2.45, 2.75) is 19.7 Å². The summed E-state index contributed by atoms with van der Waals surface area (Å²) >= 11 is 0.809. The minimum Gasteiger partial charge on any atom is -0.462 e. The third kappa shape index (κ3) is 4.34. The molecule has 0 saturated heterocycles. The molecule has 148 valence electrons. The topological polar surface area (TPSA) is 128 Å². The Hall–Kier alpha value is -3.26. The van der Waals surface area contributed by atoms with E-state index in [1.165, 1.54) is 0 Å². The van der Waals surface area contributed by atoms with Crippen LogP contribution in [0.3, 0.4) is 0 Å². The highest BCUT2D eigenvalue weighted by molar-refractivity contribution is 7.18. The first-order valence-corrected chi connectivity index (χ1v) is 8.54. The zero-order valence-corrected chi connectivity index (χ0v) is 15.2. The Kier molecular flexibility index (Phi) is 6.15. The standard InChI is InChI=1S/C17H14F3N3O4S/c1-2-26-16(25)13-11(10(6-21)14(23)28-13)7-27-15(24)9-4-3-8(5-12(9)22)17(18,19)20/h3-5H,2,7,22-23H2,1H3. The first-order valence-electron chi connectivity index (χ1n) is 7.72. The van der Waals surface area contributed by atoms with Gasteiger partial charge in [-0.1, -0.05) is 0 Å². The Morgan fingerprint density at radius 3 is 2.43 bits per heavy atom. The molecule has 4 N–H and O–H groups in total. The van der Waals surface area contributed by atoms with Crippen LogP contribution in [-0.4, -0.2) is 18.5 Å². The van der Waals surface area contributed by atoms with Gasteiger partial charge in [-0.15, -0.1) is 11.3 Å². The van der Waals surface area contributed by atoms with E-state index in [4.69, 9.17) is 20.9 Å². The molecule has 0 radical (unpaired) electrons. The number of carbonyl (C=O) groups excluding carboxylic acids is 2. The first-order chi connectivity index (χ1) is 13.1. The summed E-state index contributed by atoms with van der Waals surface area (Å²) in [5.41, 5.74) is 9.53. The van der Waals surface area contributed by atoms with E-state index < -0.39 is 36.0 Å². The summed E-state index contributed by atoms with van der Waals surface area (Å²) in [5.74, 6) is -1.75. The predicted octanol–water partition coefficient (Wildman–Crippen LogP) is 3.34. The molecule has 1 aromatic heterocycles. The lowest BCUT2D eigenvalue weighted by molar-refractivity contribution is -0.137. The van der Waals surface area contributed by atoms with E-state index in [1.807, 2.05) is 6.07 Å². The lowest BCUT2D eigenvalue weighted by Gasteiger charge is -2.11. The molecule has 0 fully saturated rings. The Balaban J connectivity index is 2.26. The molecule has 2 aromatic rings. The van der Waals surface area contributed by atoms with E-state index in [0.717, 1.165) is 17.4 Å². The van der Waals surface area contributed by atoms with Crippen LogP contribution in [0.2, 0.25) is 0 Å². The molecule has 2 rings (SSSR count). The fraction of sp³-hybridized carbons (Fsp3) is 0.235. The second kappa shape index (κ2) is 8.18. The van der Waals surface area contributed by atoms with Crippen molar-refractivity contribution >= 4 is 34.0 Å². The number of esters is 2. The number of carbonyl (C=O) groups is 2. The predicted molar refractivity (Wildman–Crippen MR) is 94.4 cm³/mol. The molecule has 0 bridgehead atoms. The van der Waals surface area contributed by atoms with Gasteiger partial charge in [0.1, 0.15) is 22.6 Å². The molecular formula is C17H14F3N3O4S. The minimum absolute atomic E-state index is 0.00379. The molecule has 1 heterocycles. The van der Waals surface area contributed by atoms with Crippen LogP contribution in [0.1, 0.15) is 43.6 Å². The van der Waals surface area contributed by atoms with E-state index in [0.29, 0.717) is 12.1 Å². The number of thiophene rings is 1. The number of nitrogen functional groups attached to an aromatic ring is 2. The largest absolute Gasteiger partial charge is 0.462 e. The summed E-state index contributed by atoms with van der Waals surface area (Å²) in [7, 11) is 0. The number of alkyl halides is 3. The zero-order valence-electron chi connectivity index (χ0n) is 14.4. The van der Waals surface area contributed by atoms with Crippen molar-refractivity contribution in [2.24, 2.45) is 0 Å². The highest BCUT2D eigenvalue weighted by Crippen LogP contribution is 2.33. The van der Waals surface area contributed by atoms with Gasteiger partial charge in [0.2, 0.25) is 0 Å². The van der Waals surface area contributed by atoms with Crippen molar-refractivity contribution in [1.82, 2.24) is 0 Å². The van der Waals surface area contributed by atoms with Gasteiger partial charge >= 0.3 is 18.1 Å². The van der Waals surface area contributed by atoms with Crippen LogP contribution in [-0.2, 0) is 22.3 Å². The van der Waals surface area contributed by atoms with Crippen molar-refractivity contribution in [3.8, 4) is 6.07 Å². The molecule has 0 saturated carbocycles. The quantitative estimate of drug-likeness (QED) is 0.568. The number of halogens is 3. The number of hydrogen-bond acceptors (Lipinski definition) is 8. The van der Waals surface area contributed by atoms with Gasteiger partial charge in [-0.25, -0.2) is 9.59 Å². The maximum Gasteiger partial charge on any atom is 0.416 e. The van der Waals surface area contributed by atoms with E-state index >= 15 is 0 Å². The van der Waals surface area contributed by atoms with Crippen LogP contribution in [0.15, 0.2) is 18.2 Å². The molecule has 7 nitrogen and oxygen atoms in total. The fourth-order valence-corrected chi connectivity index (χ4v) is 3.16. The van der Waals surface area contributed by atoms with Crippen LogP contribution in [0.25, 0.3) is 0 Å². The van der Waals surface area contributed by atoms with Crippen molar-refractivity contribution < 1.29 is 32.2 Å². The Bertz CT molecular complexity index is 964. The van der Waals surface area contributed by atoms with E-state index in [9.17, 15) is 28.0 Å². The van der Waals surface area contributed by atoms with Gasteiger partial charge in [-0.3, -0.25) is 0 Å². The van der Waals surface area contributed by atoms with Crippen molar-refractivity contribution in [2.75, 3.05) is 18.1 Å². The fourth-order valence-electron chi connectivity index (χ4n) is 2.25. The summed E-state index contributed by atoms with van der Waals surface area (Å²) in [4.78, 5) is 24.2. The highest BCUT2D eigenvalue weighted by Gasteiger charge is 2.31. The van der Waals surface area contributed by atoms with Crippen molar-refractivity contribution in [3.63, 3.8) is 0 Å². The molecule has 0 aliphatic heterocycles. The van der Waals surface area contributed by atoms with Crippen LogP contribution < -0.4 is 11.5 Å². The average Bonchev–Trinajstić information content (AvgIpc) is 2.94. The van der Waals surface area contributed by atoms with Crippen molar-refractivity contribution in [3.05, 3.63) is 45.3 Å². The van der Waals surface area contributed by atoms with Gasteiger partial charge in [0, 0.05) is 11.3 Å². The van der Waals surface area contributed by atoms with Gasteiger partial charge in [0.15, 0.2) is 0 Å². The number of nitrogens with zero attached hydrogens (tertiary/aromatic N) is 1. The van der Waals surface area contributed by atoms with Crippen LogP contribution in [0, 0.1) is 11.3 Å². The number of nitrogens with two attached hydrogens (primary N) is 2. The molecule has 28 heavy (non-hydrogen) atoms. The minimum atomic E-state index is -4.61. The van der Waals surface area contributed by atoms with Crippen LogP contribution in [0.5, 0.6) is 0 Å². The number of benzene rings is 1. The molecule has 1 aromatic carbocycles. The summed E-state index contributed by atoms with van der Waals surface area (Å²) in [6.07, 6.45) is -4.61. The third-order valence-corrected chi connectivity index (χ3v) is 4.59. The Morgan fingerprint density at radius 2 is 1.89 bits per heavy atom. The molecule has 0 aliphatic rings. The lowest BCUT2D eigenvalue weighted by atomic mass is 10.1. The number of nitriles is 1. The summed E-state index contributed by atoms with van der Waals surface area (Å²) < 4.78 is 48.0. The maximum atomic E-state index is 12.7. The second-order valence-electron chi connectivity index (χ2n) is 5.36. The average molecular weight is 413 g/mol. The summed E-state index contributed by atoms with van der Waals surface area (Å²) in [5, 5.41) is 9.26. The molecule has 11 heteroatoms. The zero-order chi connectivity index (χ0) is 21.1. The van der Waals surface area contributed by atoms with Crippen molar-refractivity contribution in [1.29, 1.82) is 5.26 Å². The molecule has 0 amide bonds. The van der Waals surface area contributed by atoms with Gasteiger partial charge < -0.3 is 20.9 Å². The van der Waals surface area contributed by atoms with Crippen LogP contribution >= 0.6 is 11.3 Å². The molecule has 0 aliphatic carbocycles. The van der Waals surface area contributed by atoms with E-state index in [2.05, 4.69) is 0 Å². The number of ether oxygens (including phenoxy) is 2. The van der Waals surface area contributed by atoms with Gasteiger partial charge in [-0.2, -0.15) is 18.4 Å². The van der Waals surface area contributed by atoms with Gasteiger partial charge in [0.05, 0.1) is 23.3 Å². The third-order valence-electron chi connectivity index (χ3n) is 3.55. The molecule has 0 spiro atoms. The van der Waals surface area contributed by atoms with E-state index in [1.54, 1.807) is 6.92 Å².